The molecule has 0 amide bonds. The maximum atomic E-state index is 3.49. The molecule has 3 heteroatoms. The van der Waals surface area contributed by atoms with E-state index in [9.17, 15) is 0 Å². The van der Waals surface area contributed by atoms with Crippen LogP contribution in [0.15, 0.2) is 0 Å². The van der Waals surface area contributed by atoms with Crippen molar-refractivity contribution in [1.29, 1.82) is 0 Å². The lowest BCUT2D eigenvalue weighted by Gasteiger charge is -2.12. The number of thioether (sulfide) groups is 1. The van der Waals surface area contributed by atoms with Gasteiger partial charge in [0.2, 0.25) is 0 Å². The molecule has 0 saturated heterocycles. The molecular formula is C10H24N2S. The molecule has 0 radical (unpaired) electrons. The van der Waals surface area contributed by atoms with Crippen molar-refractivity contribution in [1.82, 2.24) is 10.2 Å². The van der Waals surface area contributed by atoms with Gasteiger partial charge in [0, 0.05) is 0 Å². The highest BCUT2D eigenvalue weighted by Crippen LogP contribution is 2.02. The third kappa shape index (κ3) is 10.2. The molecule has 0 aliphatic heterocycles. The van der Waals surface area contributed by atoms with E-state index in [1.54, 1.807) is 0 Å². The largest absolute Gasteiger partial charge is 0.316 e. The first-order valence-electron chi connectivity index (χ1n) is 5.01. The molecule has 0 aromatic rings. The Labute approximate surface area is 87.5 Å². The molecule has 0 spiro atoms. The minimum atomic E-state index is 0.800. The molecule has 0 aromatic carbocycles. The molecule has 0 aliphatic rings. The van der Waals surface area contributed by atoms with E-state index >= 15 is 0 Å². The van der Waals surface area contributed by atoms with Crippen LogP contribution in [0.5, 0.6) is 0 Å². The lowest BCUT2D eigenvalue weighted by molar-refractivity contribution is 0.391. The van der Waals surface area contributed by atoms with Gasteiger partial charge in [0.05, 0.1) is 0 Å². The SMILES string of the molecule is CSCC(C)CNCCCN(C)C. The Morgan fingerprint density at radius 1 is 1.38 bits per heavy atom. The van der Waals surface area contributed by atoms with E-state index in [-0.39, 0.29) is 0 Å². The van der Waals surface area contributed by atoms with Crippen molar-refractivity contribution in [2.45, 2.75) is 13.3 Å². The van der Waals surface area contributed by atoms with Crippen LogP contribution in [0.3, 0.4) is 0 Å². The van der Waals surface area contributed by atoms with Crippen LogP contribution in [0.25, 0.3) is 0 Å². The third-order valence-electron chi connectivity index (χ3n) is 1.90. The molecular weight excluding hydrogens is 180 g/mol. The zero-order valence-electron chi connectivity index (χ0n) is 9.47. The number of nitrogens with zero attached hydrogens (tertiary/aromatic N) is 1. The summed E-state index contributed by atoms with van der Waals surface area (Å²) in [6, 6.07) is 0. The van der Waals surface area contributed by atoms with E-state index in [1.165, 1.54) is 18.7 Å². The fourth-order valence-corrected chi connectivity index (χ4v) is 1.90. The predicted octanol–water partition coefficient (Wildman–Crippen LogP) is 1.53. The molecule has 0 heterocycles. The number of hydrogen-bond donors (Lipinski definition) is 1. The fourth-order valence-electron chi connectivity index (χ4n) is 1.21. The lowest BCUT2D eigenvalue weighted by Crippen LogP contribution is -2.26. The molecule has 0 rings (SSSR count). The first-order chi connectivity index (χ1) is 6.16. The summed E-state index contributed by atoms with van der Waals surface area (Å²) in [6.07, 6.45) is 3.42. The van der Waals surface area contributed by atoms with Crippen LogP contribution in [0, 0.1) is 5.92 Å². The average molecular weight is 204 g/mol. The quantitative estimate of drug-likeness (QED) is 0.604. The van der Waals surface area contributed by atoms with Crippen molar-refractivity contribution in [2.75, 3.05) is 45.7 Å². The van der Waals surface area contributed by atoms with Gasteiger partial charge in [-0.15, -0.1) is 0 Å². The highest BCUT2D eigenvalue weighted by atomic mass is 32.2. The van der Waals surface area contributed by atoms with Gasteiger partial charge in [0.25, 0.3) is 0 Å². The molecule has 0 fully saturated rings. The first kappa shape index (κ1) is 13.3. The second-order valence-electron chi connectivity index (χ2n) is 3.92. The van der Waals surface area contributed by atoms with Crippen molar-refractivity contribution < 1.29 is 0 Å². The third-order valence-corrected chi connectivity index (χ3v) is 2.81. The zero-order valence-corrected chi connectivity index (χ0v) is 10.3. The Hall–Kier alpha value is 0.270. The summed E-state index contributed by atoms with van der Waals surface area (Å²) in [7, 11) is 4.24. The molecule has 0 bridgehead atoms. The molecule has 1 unspecified atom stereocenters. The normalized spacial score (nSPS) is 13.6. The van der Waals surface area contributed by atoms with Gasteiger partial charge in [-0.25, -0.2) is 0 Å². The van der Waals surface area contributed by atoms with Gasteiger partial charge in [-0.05, 0) is 58.1 Å². The lowest BCUT2D eigenvalue weighted by atomic mass is 10.2. The monoisotopic (exact) mass is 204 g/mol. The molecule has 0 aliphatic carbocycles. The summed E-state index contributed by atoms with van der Waals surface area (Å²) in [4.78, 5) is 2.23. The standard InChI is InChI=1S/C10H24N2S/c1-10(9-13-4)8-11-6-5-7-12(2)3/h10-11H,5-9H2,1-4H3. The summed E-state index contributed by atoms with van der Waals surface area (Å²) in [6.45, 7) is 5.80. The van der Waals surface area contributed by atoms with Crippen LogP contribution in [0.2, 0.25) is 0 Å². The maximum Gasteiger partial charge on any atom is -0.00127 e. The summed E-state index contributed by atoms with van der Waals surface area (Å²) >= 11 is 1.93. The van der Waals surface area contributed by atoms with E-state index in [0.717, 1.165) is 19.0 Å². The van der Waals surface area contributed by atoms with E-state index in [0.29, 0.717) is 0 Å². The molecule has 0 saturated carbocycles. The Balaban J connectivity index is 3.06. The van der Waals surface area contributed by atoms with Gasteiger partial charge in [0.15, 0.2) is 0 Å². The zero-order chi connectivity index (χ0) is 10.1. The molecule has 80 valence electrons. The van der Waals surface area contributed by atoms with Gasteiger partial charge >= 0.3 is 0 Å². The molecule has 1 atom stereocenters. The summed E-state index contributed by atoms with van der Waals surface area (Å²) in [5.41, 5.74) is 0. The highest BCUT2D eigenvalue weighted by molar-refractivity contribution is 7.98. The van der Waals surface area contributed by atoms with Crippen molar-refractivity contribution >= 4 is 11.8 Å². The Bertz CT molecular complexity index is 107. The predicted molar refractivity (Wildman–Crippen MR) is 63.6 cm³/mol. The minimum absolute atomic E-state index is 0.800. The Morgan fingerprint density at radius 3 is 2.62 bits per heavy atom. The van der Waals surface area contributed by atoms with Crippen molar-refractivity contribution in [2.24, 2.45) is 5.92 Å². The molecule has 2 nitrogen and oxygen atoms in total. The Kier molecular flexibility index (Phi) is 9.03. The Morgan fingerprint density at radius 2 is 2.08 bits per heavy atom. The topological polar surface area (TPSA) is 15.3 Å². The van der Waals surface area contributed by atoms with Crippen LogP contribution in [0.1, 0.15) is 13.3 Å². The first-order valence-corrected chi connectivity index (χ1v) is 6.40. The summed E-state index contributed by atoms with van der Waals surface area (Å²) in [5.74, 6) is 2.06. The van der Waals surface area contributed by atoms with Gasteiger partial charge in [-0.2, -0.15) is 11.8 Å². The van der Waals surface area contributed by atoms with Crippen LogP contribution >= 0.6 is 11.8 Å². The second-order valence-corrected chi connectivity index (χ2v) is 4.83. The number of hydrogen-bond acceptors (Lipinski definition) is 3. The van der Waals surface area contributed by atoms with Crippen molar-refractivity contribution in [3.8, 4) is 0 Å². The second kappa shape index (κ2) is 8.85. The fraction of sp³-hybridized carbons (Fsp3) is 1.00. The van der Waals surface area contributed by atoms with Gasteiger partial charge in [-0.3, -0.25) is 0 Å². The van der Waals surface area contributed by atoms with Crippen molar-refractivity contribution in [3.05, 3.63) is 0 Å². The smallest absolute Gasteiger partial charge is 0.00127 e. The van der Waals surface area contributed by atoms with Crippen LogP contribution < -0.4 is 5.32 Å². The van der Waals surface area contributed by atoms with Crippen LogP contribution in [-0.2, 0) is 0 Å². The van der Waals surface area contributed by atoms with Gasteiger partial charge in [0.1, 0.15) is 0 Å². The minimum Gasteiger partial charge on any atom is -0.316 e. The highest BCUT2D eigenvalue weighted by Gasteiger charge is 1.99. The summed E-state index contributed by atoms with van der Waals surface area (Å²) < 4.78 is 0. The molecule has 0 aromatic heterocycles. The molecule has 13 heavy (non-hydrogen) atoms. The average Bonchev–Trinajstić information content (AvgIpc) is 2.03. The number of rotatable bonds is 8. The summed E-state index contributed by atoms with van der Waals surface area (Å²) in [5, 5.41) is 3.49. The van der Waals surface area contributed by atoms with Gasteiger partial charge in [-0.1, -0.05) is 6.92 Å². The van der Waals surface area contributed by atoms with Crippen molar-refractivity contribution in [3.63, 3.8) is 0 Å². The van der Waals surface area contributed by atoms with E-state index in [1.807, 2.05) is 11.8 Å². The van der Waals surface area contributed by atoms with E-state index in [2.05, 4.69) is 37.5 Å². The van der Waals surface area contributed by atoms with Crippen LogP contribution in [-0.4, -0.2) is 50.6 Å². The number of nitrogens with one attached hydrogen (secondary N) is 1. The molecule has 1 N–H and O–H groups in total. The maximum absolute atomic E-state index is 3.49. The van der Waals surface area contributed by atoms with E-state index in [4.69, 9.17) is 0 Å². The van der Waals surface area contributed by atoms with E-state index < -0.39 is 0 Å². The van der Waals surface area contributed by atoms with Gasteiger partial charge < -0.3 is 10.2 Å². The van der Waals surface area contributed by atoms with Crippen LogP contribution in [0.4, 0.5) is 0 Å².